The van der Waals surface area contributed by atoms with E-state index in [2.05, 4.69) is 5.32 Å². The average Bonchev–Trinajstić information content (AvgIpc) is 2.42. The van der Waals surface area contributed by atoms with E-state index in [0.29, 0.717) is 11.3 Å². The number of carbonyl (C=O) groups is 1. The Morgan fingerprint density at radius 3 is 2.65 bits per heavy atom. The molecule has 0 saturated heterocycles. The molecule has 3 N–H and O–H groups in total. The highest BCUT2D eigenvalue weighted by Gasteiger charge is 2.13. The van der Waals surface area contributed by atoms with Crippen LogP contribution in [0, 0.1) is 0 Å². The van der Waals surface area contributed by atoms with Crippen molar-refractivity contribution in [1.82, 2.24) is 9.88 Å². The topological polar surface area (TPSA) is 77.1 Å². The van der Waals surface area contributed by atoms with E-state index in [1.807, 2.05) is 25.1 Å². The molecule has 1 unspecified atom stereocenters. The molecule has 0 aliphatic rings. The predicted octanol–water partition coefficient (Wildman–Crippen LogP) is 1.46. The smallest absolute Gasteiger partial charge is 0.252 e. The molecular weight excluding hydrogens is 254 g/mol. The number of aromatic nitrogens is 1. The summed E-state index contributed by atoms with van der Waals surface area (Å²) in [6.07, 6.45) is 1.57. The second kappa shape index (κ2) is 5.61. The summed E-state index contributed by atoms with van der Waals surface area (Å²) in [6, 6.07) is 10.1. The van der Waals surface area contributed by atoms with Crippen LogP contribution in [0.2, 0.25) is 0 Å². The highest BCUT2D eigenvalue weighted by Crippen LogP contribution is 2.19. The van der Waals surface area contributed by atoms with Crippen molar-refractivity contribution in [1.29, 1.82) is 0 Å². The van der Waals surface area contributed by atoms with E-state index >= 15 is 0 Å². The van der Waals surface area contributed by atoms with Gasteiger partial charge in [0.05, 0.1) is 6.04 Å². The Bertz CT molecular complexity index is 692. The first-order valence-corrected chi connectivity index (χ1v) is 6.31. The SMILES string of the molecule is CC(NC(=O)c1ccn(C)c(=O)c1)c1ccccc1N. The van der Waals surface area contributed by atoms with E-state index in [0.717, 1.165) is 5.56 Å². The van der Waals surface area contributed by atoms with Crippen LogP contribution in [-0.2, 0) is 7.05 Å². The third-order valence-electron chi connectivity index (χ3n) is 3.18. The van der Waals surface area contributed by atoms with Crippen molar-refractivity contribution in [2.24, 2.45) is 7.05 Å². The van der Waals surface area contributed by atoms with Crippen LogP contribution < -0.4 is 16.6 Å². The second-order valence-electron chi connectivity index (χ2n) is 4.69. The zero-order valence-electron chi connectivity index (χ0n) is 11.5. The minimum absolute atomic E-state index is 0.218. The van der Waals surface area contributed by atoms with Gasteiger partial charge in [0.2, 0.25) is 0 Å². The fraction of sp³-hybridized carbons (Fsp3) is 0.200. The first kappa shape index (κ1) is 13.9. The molecule has 0 bridgehead atoms. The van der Waals surface area contributed by atoms with Crippen molar-refractivity contribution in [3.8, 4) is 0 Å². The van der Waals surface area contributed by atoms with Crippen LogP contribution in [0.3, 0.4) is 0 Å². The predicted molar refractivity (Wildman–Crippen MR) is 78.4 cm³/mol. The van der Waals surface area contributed by atoms with Gasteiger partial charge in [0.1, 0.15) is 0 Å². The molecule has 1 aromatic heterocycles. The molecule has 0 fully saturated rings. The van der Waals surface area contributed by atoms with Crippen LogP contribution in [0.4, 0.5) is 5.69 Å². The summed E-state index contributed by atoms with van der Waals surface area (Å²) in [5.41, 5.74) is 7.48. The van der Waals surface area contributed by atoms with Gasteiger partial charge < -0.3 is 15.6 Å². The fourth-order valence-corrected chi connectivity index (χ4v) is 1.95. The van der Waals surface area contributed by atoms with E-state index in [-0.39, 0.29) is 17.5 Å². The summed E-state index contributed by atoms with van der Waals surface area (Å²) in [5.74, 6) is -0.293. The zero-order valence-corrected chi connectivity index (χ0v) is 11.5. The number of nitrogens with one attached hydrogen (secondary N) is 1. The summed E-state index contributed by atoms with van der Waals surface area (Å²) < 4.78 is 1.41. The van der Waals surface area contributed by atoms with Crippen molar-refractivity contribution in [3.05, 3.63) is 64.1 Å². The average molecular weight is 271 g/mol. The number of para-hydroxylation sites is 1. The molecule has 0 radical (unpaired) electrons. The van der Waals surface area contributed by atoms with Gasteiger partial charge in [-0.25, -0.2) is 0 Å². The Morgan fingerprint density at radius 1 is 1.30 bits per heavy atom. The van der Waals surface area contributed by atoms with Crippen molar-refractivity contribution in [3.63, 3.8) is 0 Å². The Hall–Kier alpha value is -2.56. The molecule has 1 aromatic carbocycles. The summed E-state index contributed by atoms with van der Waals surface area (Å²) in [7, 11) is 1.64. The molecule has 0 aliphatic carbocycles. The van der Waals surface area contributed by atoms with Gasteiger partial charge in [0.25, 0.3) is 11.5 Å². The molecule has 2 rings (SSSR count). The first-order valence-electron chi connectivity index (χ1n) is 6.31. The van der Waals surface area contributed by atoms with Gasteiger partial charge in [-0.1, -0.05) is 18.2 Å². The van der Waals surface area contributed by atoms with Crippen LogP contribution in [0.5, 0.6) is 0 Å². The number of nitrogens with zero attached hydrogens (tertiary/aromatic N) is 1. The van der Waals surface area contributed by atoms with E-state index in [1.165, 1.54) is 10.6 Å². The lowest BCUT2D eigenvalue weighted by Gasteiger charge is -2.16. The first-order chi connectivity index (χ1) is 9.49. The lowest BCUT2D eigenvalue weighted by Crippen LogP contribution is -2.28. The van der Waals surface area contributed by atoms with Crippen LogP contribution in [-0.4, -0.2) is 10.5 Å². The molecule has 1 heterocycles. The minimum atomic E-state index is -0.293. The summed E-state index contributed by atoms with van der Waals surface area (Å²) in [5, 5.41) is 2.83. The molecule has 104 valence electrons. The molecule has 5 nitrogen and oxygen atoms in total. The Labute approximate surface area is 117 Å². The molecule has 1 atom stereocenters. The molecule has 2 aromatic rings. The standard InChI is InChI=1S/C15H17N3O2/c1-10(12-5-3-4-6-13(12)16)17-15(20)11-7-8-18(2)14(19)9-11/h3-10H,16H2,1-2H3,(H,17,20). The number of carbonyl (C=O) groups excluding carboxylic acids is 1. The highest BCUT2D eigenvalue weighted by molar-refractivity contribution is 5.94. The molecule has 20 heavy (non-hydrogen) atoms. The third kappa shape index (κ3) is 2.88. The fourth-order valence-electron chi connectivity index (χ4n) is 1.95. The number of nitrogen functional groups attached to an aromatic ring is 1. The maximum Gasteiger partial charge on any atom is 0.252 e. The number of hydrogen-bond acceptors (Lipinski definition) is 3. The third-order valence-corrected chi connectivity index (χ3v) is 3.18. The van der Waals surface area contributed by atoms with Gasteiger partial charge in [-0.3, -0.25) is 9.59 Å². The number of rotatable bonds is 3. The minimum Gasteiger partial charge on any atom is -0.398 e. The number of nitrogens with two attached hydrogens (primary N) is 1. The lowest BCUT2D eigenvalue weighted by atomic mass is 10.1. The van der Waals surface area contributed by atoms with E-state index in [9.17, 15) is 9.59 Å². The van der Waals surface area contributed by atoms with Crippen molar-refractivity contribution >= 4 is 11.6 Å². The monoisotopic (exact) mass is 271 g/mol. The van der Waals surface area contributed by atoms with Gasteiger partial charge in [0.15, 0.2) is 0 Å². The zero-order chi connectivity index (χ0) is 14.7. The number of amides is 1. The van der Waals surface area contributed by atoms with Crippen LogP contribution in [0.25, 0.3) is 0 Å². The van der Waals surface area contributed by atoms with E-state index < -0.39 is 0 Å². The van der Waals surface area contributed by atoms with Crippen LogP contribution >= 0.6 is 0 Å². The molecule has 0 saturated carbocycles. The Morgan fingerprint density at radius 2 is 2.00 bits per heavy atom. The number of benzene rings is 1. The maximum atomic E-state index is 12.1. The molecular formula is C15H17N3O2. The summed E-state index contributed by atoms with van der Waals surface area (Å²) in [6.45, 7) is 1.85. The number of hydrogen-bond donors (Lipinski definition) is 2. The summed E-state index contributed by atoms with van der Waals surface area (Å²) >= 11 is 0. The Balaban J connectivity index is 2.17. The van der Waals surface area contributed by atoms with Gasteiger partial charge >= 0.3 is 0 Å². The lowest BCUT2D eigenvalue weighted by molar-refractivity contribution is 0.0939. The quantitative estimate of drug-likeness (QED) is 0.830. The Kier molecular flexibility index (Phi) is 3.89. The van der Waals surface area contributed by atoms with Gasteiger partial charge in [-0.05, 0) is 24.6 Å². The summed E-state index contributed by atoms with van der Waals surface area (Å²) in [4.78, 5) is 23.6. The van der Waals surface area contributed by atoms with Gasteiger partial charge in [-0.2, -0.15) is 0 Å². The number of anilines is 1. The highest BCUT2D eigenvalue weighted by atomic mass is 16.2. The normalized spacial score (nSPS) is 11.9. The number of pyridine rings is 1. The largest absolute Gasteiger partial charge is 0.398 e. The van der Waals surface area contributed by atoms with Crippen LogP contribution in [0.15, 0.2) is 47.4 Å². The molecule has 0 spiro atoms. The second-order valence-corrected chi connectivity index (χ2v) is 4.69. The molecule has 0 aliphatic heterocycles. The maximum absolute atomic E-state index is 12.1. The van der Waals surface area contributed by atoms with Crippen molar-refractivity contribution in [2.75, 3.05) is 5.73 Å². The van der Waals surface area contributed by atoms with Gasteiger partial charge in [-0.15, -0.1) is 0 Å². The van der Waals surface area contributed by atoms with E-state index in [4.69, 9.17) is 5.73 Å². The van der Waals surface area contributed by atoms with Gasteiger partial charge in [0, 0.05) is 30.6 Å². The van der Waals surface area contributed by atoms with Crippen molar-refractivity contribution < 1.29 is 4.79 Å². The molecule has 1 amide bonds. The number of aryl methyl sites for hydroxylation is 1. The van der Waals surface area contributed by atoms with E-state index in [1.54, 1.807) is 25.4 Å². The van der Waals surface area contributed by atoms with Crippen LogP contribution in [0.1, 0.15) is 28.9 Å². The van der Waals surface area contributed by atoms with Crippen molar-refractivity contribution in [2.45, 2.75) is 13.0 Å². The molecule has 5 heteroatoms.